The summed E-state index contributed by atoms with van der Waals surface area (Å²) >= 11 is 3.49. The molecule has 0 fully saturated rings. The molecule has 0 bridgehead atoms. The first-order valence-corrected chi connectivity index (χ1v) is 7.65. The molecule has 6 heteroatoms. The van der Waals surface area contributed by atoms with Crippen molar-refractivity contribution in [2.45, 2.75) is 26.4 Å². The molecule has 1 atom stereocenters. The fourth-order valence-electron chi connectivity index (χ4n) is 1.73. The molecule has 0 aliphatic carbocycles. The Labute approximate surface area is 133 Å². The predicted molar refractivity (Wildman–Crippen MR) is 89.4 cm³/mol. The van der Waals surface area contributed by atoms with Crippen molar-refractivity contribution in [2.24, 2.45) is 0 Å². The van der Waals surface area contributed by atoms with Crippen molar-refractivity contribution in [1.82, 2.24) is 9.97 Å². The Morgan fingerprint density at radius 1 is 1.29 bits per heavy atom. The Balaban J connectivity index is 2.18. The van der Waals surface area contributed by atoms with Gasteiger partial charge < -0.3 is 15.4 Å². The van der Waals surface area contributed by atoms with Crippen LogP contribution >= 0.6 is 15.9 Å². The van der Waals surface area contributed by atoms with Gasteiger partial charge in [0.25, 0.3) is 0 Å². The Bertz CT molecular complexity index is 606. The molecule has 0 saturated heterocycles. The molecule has 2 aromatic rings. The third kappa shape index (κ3) is 4.07. The number of benzene rings is 1. The summed E-state index contributed by atoms with van der Waals surface area (Å²) in [6, 6.07) is 7.83. The lowest BCUT2D eigenvalue weighted by Crippen LogP contribution is -2.09. The summed E-state index contributed by atoms with van der Waals surface area (Å²) in [5.41, 5.74) is 0.914. The van der Waals surface area contributed by atoms with Gasteiger partial charge in [0.05, 0.1) is 6.10 Å². The number of rotatable bonds is 6. The fraction of sp³-hybridized carbons (Fsp3) is 0.333. The number of halogens is 1. The van der Waals surface area contributed by atoms with E-state index in [-0.39, 0.29) is 6.10 Å². The van der Waals surface area contributed by atoms with Gasteiger partial charge in [0.1, 0.15) is 28.2 Å². The molecule has 21 heavy (non-hydrogen) atoms. The van der Waals surface area contributed by atoms with Crippen molar-refractivity contribution in [3.63, 3.8) is 0 Å². The van der Waals surface area contributed by atoms with Crippen LogP contribution in [0, 0.1) is 0 Å². The summed E-state index contributed by atoms with van der Waals surface area (Å²) in [6.45, 7) is 4.16. The molecule has 112 valence electrons. The van der Waals surface area contributed by atoms with Gasteiger partial charge in [-0.2, -0.15) is 0 Å². The van der Waals surface area contributed by atoms with Crippen molar-refractivity contribution in [1.29, 1.82) is 0 Å². The molecule has 0 radical (unpaired) electrons. The average Bonchev–Trinajstić information content (AvgIpc) is 2.49. The zero-order valence-corrected chi connectivity index (χ0v) is 13.9. The smallest absolute Gasteiger partial charge is 0.150 e. The molecule has 1 aromatic carbocycles. The number of nitrogens with zero attached hydrogens (tertiary/aromatic N) is 2. The number of aromatic nitrogens is 2. The van der Waals surface area contributed by atoms with Gasteiger partial charge in [-0.15, -0.1) is 0 Å². The lowest BCUT2D eigenvalue weighted by atomic mass is 10.2. The summed E-state index contributed by atoms with van der Waals surface area (Å²) in [5, 5.41) is 6.26. The van der Waals surface area contributed by atoms with Crippen molar-refractivity contribution in [2.75, 3.05) is 17.7 Å². The zero-order chi connectivity index (χ0) is 15.2. The highest BCUT2D eigenvalue weighted by Gasteiger charge is 2.08. The maximum absolute atomic E-state index is 5.82. The van der Waals surface area contributed by atoms with Gasteiger partial charge in [-0.25, -0.2) is 9.97 Å². The Morgan fingerprint density at radius 3 is 2.76 bits per heavy atom. The monoisotopic (exact) mass is 350 g/mol. The van der Waals surface area contributed by atoms with Crippen LogP contribution in [0.5, 0.6) is 5.75 Å². The van der Waals surface area contributed by atoms with Crippen LogP contribution in [0.25, 0.3) is 0 Å². The molecule has 5 nitrogen and oxygen atoms in total. The number of hydrogen-bond donors (Lipinski definition) is 2. The number of hydrogen-bond acceptors (Lipinski definition) is 5. The highest BCUT2D eigenvalue weighted by atomic mass is 79.9. The third-order valence-electron chi connectivity index (χ3n) is 3.04. The first-order chi connectivity index (χ1) is 10.1. The number of anilines is 3. The van der Waals surface area contributed by atoms with Crippen LogP contribution in [0.3, 0.4) is 0 Å². The topological polar surface area (TPSA) is 59.1 Å². The molecular weight excluding hydrogens is 332 g/mol. The number of nitrogens with one attached hydrogen (secondary N) is 2. The van der Waals surface area contributed by atoms with Crippen LogP contribution in [0.1, 0.15) is 20.3 Å². The summed E-state index contributed by atoms with van der Waals surface area (Å²) in [4.78, 5) is 8.37. The minimum Gasteiger partial charge on any atom is -0.491 e. The predicted octanol–water partition coefficient (Wildman–Crippen LogP) is 4.20. The molecule has 0 saturated carbocycles. The quantitative estimate of drug-likeness (QED) is 0.817. The molecule has 1 unspecified atom stereocenters. The van der Waals surface area contributed by atoms with Crippen LogP contribution in [0.15, 0.2) is 35.1 Å². The van der Waals surface area contributed by atoms with Gasteiger partial charge in [-0.1, -0.05) is 13.0 Å². The minimum absolute atomic E-state index is 0.196. The van der Waals surface area contributed by atoms with Crippen molar-refractivity contribution >= 4 is 33.3 Å². The maximum Gasteiger partial charge on any atom is 0.150 e. The average molecular weight is 351 g/mol. The summed E-state index contributed by atoms with van der Waals surface area (Å²) < 4.78 is 6.61. The van der Waals surface area contributed by atoms with E-state index >= 15 is 0 Å². The van der Waals surface area contributed by atoms with Crippen molar-refractivity contribution in [3.05, 3.63) is 35.1 Å². The molecule has 0 amide bonds. The van der Waals surface area contributed by atoms with Gasteiger partial charge in [-0.3, -0.25) is 0 Å². The lowest BCUT2D eigenvalue weighted by molar-refractivity contribution is 0.217. The molecule has 2 rings (SSSR count). The summed E-state index contributed by atoms with van der Waals surface area (Å²) in [6.07, 6.45) is 2.68. The van der Waals surface area contributed by atoms with E-state index in [0.717, 1.165) is 28.1 Å². The van der Waals surface area contributed by atoms with E-state index in [1.807, 2.05) is 31.3 Å². The second-order valence-electron chi connectivity index (χ2n) is 4.62. The van der Waals surface area contributed by atoms with Crippen molar-refractivity contribution in [3.8, 4) is 5.75 Å². The molecule has 1 heterocycles. The zero-order valence-electron chi connectivity index (χ0n) is 12.4. The summed E-state index contributed by atoms with van der Waals surface area (Å²) in [7, 11) is 1.82. The van der Waals surface area contributed by atoms with Crippen LogP contribution in [-0.4, -0.2) is 23.1 Å². The normalized spacial score (nSPS) is 11.8. The van der Waals surface area contributed by atoms with E-state index in [2.05, 4.69) is 50.4 Å². The second kappa shape index (κ2) is 7.26. The van der Waals surface area contributed by atoms with E-state index in [4.69, 9.17) is 4.74 Å². The standard InChI is InChI=1S/C15H19BrN4O/c1-4-10(2)21-12-7-5-6-11(8-12)20-15-13(16)14(17-3)18-9-19-15/h5-10H,4H2,1-3H3,(H2,17,18,19,20). The van der Waals surface area contributed by atoms with Gasteiger partial charge in [0.15, 0.2) is 0 Å². The van der Waals surface area contributed by atoms with Crippen molar-refractivity contribution < 1.29 is 4.74 Å². The molecular formula is C15H19BrN4O. The minimum atomic E-state index is 0.196. The first kappa shape index (κ1) is 15.6. The largest absolute Gasteiger partial charge is 0.491 e. The maximum atomic E-state index is 5.82. The molecule has 2 N–H and O–H groups in total. The van der Waals surface area contributed by atoms with Crippen LogP contribution in [0.4, 0.5) is 17.3 Å². The van der Waals surface area contributed by atoms with Crippen LogP contribution in [0.2, 0.25) is 0 Å². The summed E-state index contributed by atoms with van der Waals surface area (Å²) in [5.74, 6) is 2.28. The van der Waals surface area contributed by atoms with Crippen LogP contribution in [-0.2, 0) is 0 Å². The fourth-order valence-corrected chi connectivity index (χ4v) is 2.23. The second-order valence-corrected chi connectivity index (χ2v) is 5.42. The third-order valence-corrected chi connectivity index (χ3v) is 3.79. The van der Waals surface area contributed by atoms with Gasteiger partial charge in [-0.05, 0) is 41.4 Å². The Morgan fingerprint density at radius 2 is 2.05 bits per heavy atom. The van der Waals surface area contributed by atoms with E-state index in [1.54, 1.807) is 0 Å². The Hall–Kier alpha value is -1.82. The molecule has 0 aliphatic rings. The Kier molecular flexibility index (Phi) is 5.38. The first-order valence-electron chi connectivity index (χ1n) is 6.86. The molecule has 0 aliphatic heterocycles. The van der Waals surface area contributed by atoms with E-state index in [0.29, 0.717) is 5.82 Å². The van der Waals surface area contributed by atoms with E-state index in [1.165, 1.54) is 6.33 Å². The van der Waals surface area contributed by atoms with Gasteiger partial charge >= 0.3 is 0 Å². The van der Waals surface area contributed by atoms with Gasteiger partial charge in [0, 0.05) is 18.8 Å². The molecule has 0 spiro atoms. The number of ether oxygens (including phenoxy) is 1. The van der Waals surface area contributed by atoms with Gasteiger partial charge in [0.2, 0.25) is 0 Å². The lowest BCUT2D eigenvalue weighted by Gasteiger charge is -2.14. The highest BCUT2D eigenvalue weighted by Crippen LogP contribution is 2.29. The van der Waals surface area contributed by atoms with Crippen LogP contribution < -0.4 is 15.4 Å². The molecule has 1 aromatic heterocycles. The van der Waals surface area contributed by atoms with E-state index in [9.17, 15) is 0 Å². The SMILES string of the molecule is CCC(C)Oc1cccc(Nc2ncnc(NC)c2Br)c1. The van der Waals surface area contributed by atoms with E-state index < -0.39 is 0 Å². The highest BCUT2D eigenvalue weighted by molar-refractivity contribution is 9.10.